The zero-order valence-electron chi connectivity index (χ0n) is 10.4. The molecule has 0 spiro atoms. The Bertz CT molecular complexity index is 457. The van der Waals surface area contributed by atoms with Gasteiger partial charge >= 0.3 is 0 Å². The molecule has 106 valence electrons. The summed E-state index contributed by atoms with van der Waals surface area (Å²) in [5, 5.41) is 0. The van der Waals surface area contributed by atoms with Crippen molar-refractivity contribution < 1.29 is 9.21 Å². The second-order valence-electron chi connectivity index (χ2n) is 3.90. The van der Waals surface area contributed by atoms with Crippen molar-refractivity contribution in [1.29, 1.82) is 0 Å². The third kappa shape index (κ3) is 4.60. The Morgan fingerprint density at radius 2 is 2.05 bits per heavy atom. The zero-order chi connectivity index (χ0) is 13.0. The minimum absolute atomic E-state index is 0. The summed E-state index contributed by atoms with van der Waals surface area (Å²) in [5.74, 6) is 2.82. The SMILES string of the molecule is I.NC(=O)c1ccc(CN=C(N)N2CCSCC2)o1. The first-order chi connectivity index (χ1) is 8.66. The Labute approximate surface area is 133 Å². The highest BCUT2D eigenvalue weighted by Crippen LogP contribution is 2.10. The maximum Gasteiger partial charge on any atom is 0.284 e. The van der Waals surface area contributed by atoms with Gasteiger partial charge < -0.3 is 20.8 Å². The highest BCUT2D eigenvalue weighted by Gasteiger charge is 2.12. The standard InChI is InChI=1S/C11H16N4O2S.HI/c12-10(16)9-2-1-8(17-9)7-14-11(13)15-3-5-18-6-4-15;/h1-2H,3-7H2,(H2,12,16)(H2,13,14);1H. The van der Waals surface area contributed by atoms with Gasteiger partial charge in [-0.3, -0.25) is 4.79 Å². The van der Waals surface area contributed by atoms with E-state index in [0.29, 0.717) is 18.3 Å². The molecule has 0 aromatic carbocycles. The lowest BCUT2D eigenvalue weighted by Crippen LogP contribution is -2.42. The number of furan rings is 1. The van der Waals surface area contributed by atoms with Crippen molar-refractivity contribution in [3.8, 4) is 0 Å². The molecule has 0 aliphatic carbocycles. The summed E-state index contributed by atoms with van der Waals surface area (Å²) in [4.78, 5) is 17.2. The number of primary amides is 1. The number of nitrogens with two attached hydrogens (primary N) is 2. The fourth-order valence-electron chi connectivity index (χ4n) is 1.65. The Morgan fingerprint density at radius 1 is 1.37 bits per heavy atom. The quantitative estimate of drug-likeness (QED) is 0.449. The van der Waals surface area contributed by atoms with E-state index in [2.05, 4.69) is 9.89 Å². The minimum Gasteiger partial charge on any atom is -0.454 e. The van der Waals surface area contributed by atoms with Crippen LogP contribution in [0.4, 0.5) is 0 Å². The molecule has 4 N–H and O–H groups in total. The molecular weight excluding hydrogens is 379 g/mol. The number of rotatable bonds is 3. The molecule has 19 heavy (non-hydrogen) atoms. The Morgan fingerprint density at radius 3 is 2.63 bits per heavy atom. The van der Waals surface area contributed by atoms with Gasteiger partial charge in [0.15, 0.2) is 11.7 Å². The number of nitrogens with zero attached hydrogens (tertiary/aromatic N) is 2. The third-order valence-electron chi connectivity index (χ3n) is 2.64. The lowest BCUT2D eigenvalue weighted by atomic mass is 10.4. The highest BCUT2D eigenvalue weighted by molar-refractivity contribution is 14.0. The largest absolute Gasteiger partial charge is 0.454 e. The molecule has 2 heterocycles. The van der Waals surface area contributed by atoms with Gasteiger partial charge in [-0.1, -0.05) is 0 Å². The lowest BCUT2D eigenvalue weighted by molar-refractivity contribution is 0.0972. The topological polar surface area (TPSA) is 97.8 Å². The second-order valence-corrected chi connectivity index (χ2v) is 5.13. The molecule has 1 fully saturated rings. The van der Waals surface area contributed by atoms with Crippen molar-refractivity contribution in [1.82, 2.24) is 4.90 Å². The zero-order valence-corrected chi connectivity index (χ0v) is 13.5. The number of amides is 1. The van der Waals surface area contributed by atoms with Crippen LogP contribution in [0.5, 0.6) is 0 Å². The number of halogens is 1. The molecule has 1 amide bonds. The van der Waals surface area contributed by atoms with Gasteiger partial charge in [-0.15, -0.1) is 24.0 Å². The molecular formula is C11H17IN4O2S. The molecule has 0 saturated carbocycles. The van der Waals surface area contributed by atoms with Crippen molar-refractivity contribution >= 4 is 47.6 Å². The summed E-state index contributed by atoms with van der Waals surface area (Å²) in [5.41, 5.74) is 11.0. The molecule has 2 rings (SSSR count). The summed E-state index contributed by atoms with van der Waals surface area (Å²) >= 11 is 1.91. The van der Waals surface area contributed by atoms with Gasteiger partial charge in [0.25, 0.3) is 5.91 Å². The number of hydrogen-bond acceptors (Lipinski definition) is 4. The summed E-state index contributed by atoms with van der Waals surface area (Å²) < 4.78 is 5.22. The van der Waals surface area contributed by atoms with E-state index in [-0.39, 0.29) is 29.7 Å². The maximum absolute atomic E-state index is 10.9. The maximum atomic E-state index is 10.9. The van der Waals surface area contributed by atoms with Crippen LogP contribution in [0.25, 0.3) is 0 Å². The Kier molecular flexibility index (Phi) is 6.49. The number of aliphatic imine (C=N–C) groups is 1. The monoisotopic (exact) mass is 396 g/mol. The molecule has 1 aliphatic rings. The van der Waals surface area contributed by atoms with Crippen LogP contribution in [0.15, 0.2) is 21.5 Å². The molecule has 1 saturated heterocycles. The predicted molar refractivity (Wildman–Crippen MR) is 86.9 cm³/mol. The molecule has 0 unspecified atom stereocenters. The first kappa shape index (κ1) is 16.2. The van der Waals surface area contributed by atoms with Gasteiger partial charge in [0.2, 0.25) is 0 Å². The van der Waals surface area contributed by atoms with Crippen LogP contribution in [0.2, 0.25) is 0 Å². The average molecular weight is 396 g/mol. The fourth-order valence-corrected chi connectivity index (χ4v) is 2.55. The van der Waals surface area contributed by atoms with Crippen molar-refractivity contribution in [3.05, 3.63) is 23.7 Å². The van der Waals surface area contributed by atoms with E-state index in [0.717, 1.165) is 24.6 Å². The van der Waals surface area contributed by atoms with Crippen molar-refractivity contribution in [3.63, 3.8) is 0 Å². The molecule has 1 aromatic heterocycles. The first-order valence-electron chi connectivity index (χ1n) is 5.68. The van der Waals surface area contributed by atoms with Crippen molar-refractivity contribution in [2.45, 2.75) is 6.54 Å². The number of thioether (sulfide) groups is 1. The fraction of sp³-hybridized carbons (Fsp3) is 0.455. The summed E-state index contributed by atoms with van der Waals surface area (Å²) in [7, 11) is 0. The Balaban J connectivity index is 0.00000180. The van der Waals surface area contributed by atoms with E-state index >= 15 is 0 Å². The first-order valence-corrected chi connectivity index (χ1v) is 6.83. The van der Waals surface area contributed by atoms with Crippen LogP contribution < -0.4 is 11.5 Å². The smallest absolute Gasteiger partial charge is 0.284 e. The predicted octanol–water partition coefficient (Wildman–Crippen LogP) is 0.860. The minimum atomic E-state index is -0.578. The van der Waals surface area contributed by atoms with Gasteiger partial charge in [-0.25, -0.2) is 4.99 Å². The average Bonchev–Trinajstić information content (AvgIpc) is 2.86. The van der Waals surface area contributed by atoms with Crippen molar-refractivity contribution in [2.75, 3.05) is 24.6 Å². The summed E-state index contributed by atoms with van der Waals surface area (Å²) in [6, 6.07) is 3.23. The van der Waals surface area contributed by atoms with Gasteiger partial charge in [0.1, 0.15) is 12.3 Å². The number of carbonyl (C=O) groups is 1. The van der Waals surface area contributed by atoms with E-state index in [9.17, 15) is 4.79 Å². The summed E-state index contributed by atoms with van der Waals surface area (Å²) in [6.07, 6.45) is 0. The highest BCUT2D eigenvalue weighted by atomic mass is 127. The third-order valence-corrected chi connectivity index (χ3v) is 3.58. The van der Waals surface area contributed by atoms with Gasteiger partial charge in [-0.2, -0.15) is 11.8 Å². The van der Waals surface area contributed by atoms with Crippen LogP contribution in [-0.4, -0.2) is 41.4 Å². The lowest BCUT2D eigenvalue weighted by Gasteiger charge is -2.27. The van der Waals surface area contributed by atoms with Crippen LogP contribution in [0, 0.1) is 0 Å². The normalized spacial score (nSPS) is 16.0. The molecule has 0 radical (unpaired) electrons. The second kappa shape index (κ2) is 7.63. The van der Waals surface area contributed by atoms with E-state index < -0.39 is 5.91 Å². The van der Waals surface area contributed by atoms with Gasteiger partial charge in [0.05, 0.1) is 0 Å². The van der Waals surface area contributed by atoms with Crippen LogP contribution >= 0.6 is 35.7 Å². The van der Waals surface area contributed by atoms with E-state index in [4.69, 9.17) is 15.9 Å². The Hall–Kier alpha value is -0.900. The number of hydrogen-bond donors (Lipinski definition) is 2. The van der Waals surface area contributed by atoms with E-state index in [1.54, 1.807) is 12.1 Å². The van der Waals surface area contributed by atoms with Gasteiger partial charge in [-0.05, 0) is 12.1 Å². The molecule has 8 heteroatoms. The van der Waals surface area contributed by atoms with Crippen LogP contribution in [0.3, 0.4) is 0 Å². The van der Waals surface area contributed by atoms with Gasteiger partial charge in [0, 0.05) is 24.6 Å². The molecule has 0 atom stereocenters. The molecule has 1 aliphatic heterocycles. The number of carbonyl (C=O) groups excluding carboxylic acids is 1. The molecule has 0 bridgehead atoms. The van der Waals surface area contributed by atoms with Crippen LogP contribution in [-0.2, 0) is 6.54 Å². The van der Waals surface area contributed by atoms with E-state index in [1.807, 2.05) is 11.8 Å². The number of guanidine groups is 1. The molecule has 6 nitrogen and oxygen atoms in total. The summed E-state index contributed by atoms with van der Waals surface area (Å²) in [6.45, 7) is 2.16. The molecule has 1 aromatic rings. The van der Waals surface area contributed by atoms with Crippen molar-refractivity contribution in [2.24, 2.45) is 16.5 Å². The van der Waals surface area contributed by atoms with E-state index in [1.165, 1.54) is 0 Å². The van der Waals surface area contributed by atoms with Crippen LogP contribution in [0.1, 0.15) is 16.3 Å².